The molecule has 88 heavy (non-hydrogen) atoms. The van der Waals surface area contributed by atoms with Crippen molar-refractivity contribution in [2.45, 2.75) is 297 Å². The van der Waals surface area contributed by atoms with E-state index in [1.54, 1.807) is 0 Å². The lowest BCUT2D eigenvalue weighted by atomic mass is 9.78. The molecule has 0 saturated heterocycles. The van der Waals surface area contributed by atoms with E-state index in [1.807, 2.05) is 31.4 Å². The lowest BCUT2D eigenvalue weighted by Crippen LogP contribution is -2.39. The summed E-state index contributed by atoms with van der Waals surface area (Å²) in [5.74, 6) is 0.131. The Morgan fingerprint density at radius 3 is 1.85 bits per heavy atom. The van der Waals surface area contributed by atoms with E-state index >= 15 is 0 Å². The normalized spacial score (nSPS) is 15.0. The molecule has 11 heteroatoms. The Morgan fingerprint density at radius 2 is 1.24 bits per heavy atom. The predicted octanol–water partition coefficient (Wildman–Crippen LogP) is 21.2. The highest BCUT2D eigenvalue weighted by molar-refractivity contribution is 9.10. The van der Waals surface area contributed by atoms with Gasteiger partial charge in [-0.05, 0) is 166 Å². The van der Waals surface area contributed by atoms with Crippen LogP contribution in [0.5, 0.6) is 5.75 Å². The van der Waals surface area contributed by atoms with Gasteiger partial charge in [-0.2, -0.15) is 0 Å². The number of esters is 3. The molecule has 1 aliphatic heterocycles. The summed E-state index contributed by atoms with van der Waals surface area (Å²) in [5, 5.41) is 1.15. The minimum absolute atomic E-state index is 0.00435. The number of hydrogen-bond acceptors (Lipinski definition) is 9. The van der Waals surface area contributed by atoms with E-state index in [1.165, 1.54) is 132 Å². The maximum atomic E-state index is 14.6. The minimum atomic E-state index is -0.752. The van der Waals surface area contributed by atoms with Gasteiger partial charge in [0.25, 0.3) is 0 Å². The number of aryl methyl sites for hydroxylation is 2. The van der Waals surface area contributed by atoms with Crippen molar-refractivity contribution < 1.29 is 38.1 Å². The number of hydrogen-bond donors (Lipinski definition) is 0. The van der Waals surface area contributed by atoms with E-state index in [9.17, 15) is 19.2 Å². The first kappa shape index (κ1) is 74.0. The zero-order valence-electron chi connectivity index (χ0n) is 56.3. The first-order chi connectivity index (χ1) is 42.5. The van der Waals surface area contributed by atoms with E-state index < -0.39 is 11.5 Å². The Hall–Kier alpha value is -4.74. The molecule has 1 aliphatic carbocycles. The molecule has 3 aromatic rings. The van der Waals surface area contributed by atoms with Crippen LogP contribution in [0.15, 0.2) is 77.7 Å². The molecule has 490 valence electrons. The molecule has 2 heterocycles. The highest BCUT2D eigenvalue weighted by atomic mass is 79.9. The summed E-state index contributed by atoms with van der Waals surface area (Å²) in [5.41, 5.74) is 6.77. The zero-order valence-corrected chi connectivity index (χ0v) is 57.9. The fourth-order valence-corrected chi connectivity index (χ4v) is 13.9. The fraction of sp³-hybridized carbons (Fsp3) is 0.662. The molecule has 0 bridgehead atoms. The van der Waals surface area contributed by atoms with Crippen LogP contribution in [0.4, 0.5) is 0 Å². The Morgan fingerprint density at radius 1 is 0.693 bits per heavy atom. The molecule has 0 N–H and O–H groups in total. The summed E-state index contributed by atoms with van der Waals surface area (Å²) in [4.78, 5) is 57.1. The molecule has 0 spiro atoms. The highest BCUT2D eigenvalue weighted by Gasteiger charge is 2.37. The number of likely N-dealkylation sites (N-methyl/N-ethyl adjacent to an activating group) is 1. The minimum Gasteiger partial charge on any atom is -0.495 e. The Kier molecular flexibility index (Phi) is 35.0. The van der Waals surface area contributed by atoms with Gasteiger partial charge in [-0.25, -0.2) is 0 Å². The summed E-state index contributed by atoms with van der Waals surface area (Å²) in [6.45, 7) is 19.9. The summed E-state index contributed by atoms with van der Waals surface area (Å²) < 4.78 is 26.6. The number of halogens is 1. The summed E-state index contributed by atoms with van der Waals surface area (Å²) in [6.07, 6.45) is 48.1. The average Bonchev–Trinajstić information content (AvgIpc) is 2.07. The van der Waals surface area contributed by atoms with E-state index in [-0.39, 0.29) is 68.3 Å². The number of unbranched alkanes of at least 4 members (excludes halogenated alkanes) is 23. The SMILES string of the molecule is C=C(CCCCCCC/C=C\CCCCCCCC)OCC(COC(=O)CCCCCCC/C=C\CCCCCCCC)OC(=O)CC(C)CCCCC(=O)Oc1cc(C)cc(C)c1C(C)(C)CC(=O)n1c(Br)c2c3c(cccc31)C1=CCCN(C)C1C2. The van der Waals surface area contributed by atoms with Crippen LogP contribution in [-0.2, 0) is 40.4 Å². The molecule has 2 aromatic carbocycles. The van der Waals surface area contributed by atoms with Crippen LogP contribution < -0.4 is 4.74 Å². The molecule has 0 fully saturated rings. The molecule has 2 aliphatic rings. The van der Waals surface area contributed by atoms with E-state index in [2.05, 4.69) is 117 Å². The Labute approximate surface area is 542 Å². The van der Waals surface area contributed by atoms with Crippen LogP contribution in [0, 0.1) is 19.8 Å². The van der Waals surface area contributed by atoms with Crippen molar-refractivity contribution in [3.05, 3.63) is 105 Å². The average molecular weight is 1280 g/mol. The van der Waals surface area contributed by atoms with Crippen LogP contribution in [0.3, 0.4) is 0 Å². The quantitative estimate of drug-likeness (QED) is 0.0179. The van der Waals surface area contributed by atoms with Crippen molar-refractivity contribution in [1.29, 1.82) is 0 Å². The second kappa shape index (κ2) is 41.6. The van der Waals surface area contributed by atoms with Crippen LogP contribution in [0.25, 0.3) is 16.5 Å². The summed E-state index contributed by atoms with van der Waals surface area (Å²) in [7, 11) is 2.19. The number of allylic oxidation sites excluding steroid dienone is 5. The third-order valence-electron chi connectivity index (χ3n) is 18.1. The van der Waals surface area contributed by atoms with Crippen molar-refractivity contribution in [1.82, 2.24) is 9.47 Å². The first-order valence-electron chi connectivity index (χ1n) is 35.1. The number of nitrogens with zero attached hydrogens (tertiary/aromatic N) is 2. The zero-order chi connectivity index (χ0) is 63.5. The molecular weight excluding hydrogens is 1160 g/mol. The van der Waals surface area contributed by atoms with Crippen molar-refractivity contribution in [3.8, 4) is 5.75 Å². The van der Waals surface area contributed by atoms with E-state index in [0.717, 1.165) is 116 Å². The second-order valence-corrected chi connectivity index (χ2v) is 27.5. The van der Waals surface area contributed by atoms with Crippen LogP contribution in [-0.4, -0.2) is 72.2 Å². The smallest absolute Gasteiger partial charge is 0.311 e. The molecule has 5 rings (SSSR count). The van der Waals surface area contributed by atoms with Gasteiger partial charge in [0.1, 0.15) is 19.0 Å². The standard InChI is InChI=1S/C77H117BrN2O8/c1-10-12-14-16-18-20-22-24-26-28-30-32-34-36-38-45-62(6)85-57-63(58-86-71(82)49-39-37-35-33-31-29-27-25-23-21-19-17-15-13-11-2)87-73(84)54-59(3)44-40-41-50-72(83)88-69-53-60(4)52-61(5)75(69)77(7,8)56-70(81)80-67-48-42-46-65-64-47-43-51-79(9)68(64)55-66(74(65)67)76(80)78/h24-27,42,46-48,52-53,59,63,68H,6,10-23,28-41,43-45,49-51,54-58H2,1-5,7-9H3/b26-24-,27-25-. The van der Waals surface area contributed by atoms with Gasteiger partial charge < -0.3 is 18.9 Å². The number of carbonyl (C=O) groups excluding carboxylic acids is 4. The number of aromatic nitrogens is 1. The Balaban J connectivity index is 1.05. The van der Waals surface area contributed by atoms with Crippen molar-refractivity contribution in [3.63, 3.8) is 0 Å². The molecule has 0 saturated carbocycles. The van der Waals surface area contributed by atoms with Gasteiger partial charge in [-0.15, -0.1) is 0 Å². The third-order valence-corrected chi connectivity index (χ3v) is 18.9. The molecule has 10 nitrogen and oxygen atoms in total. The van der Waals surface area contributed by atoms with Crippen LogP contribution in [0.1, 0.15) is 292 Å². The number of rotatable bonds is 47. The maximum absolute atomic E-state index is 14.6. The van der Waals surface area contributed by atoms with Gasteiger partial charge in [0.15, 0.2) is 6.10 Å². The van der Waals surface area contributed by atoms with Crippen LogP contribution in [0.2, 0.25) is 0 Å². The van der Waals surface area contributed by atoms with Gasteiger partial charge in [0.05, 0.1) is 15.9 Å². The first-order valence-corrected chi connectivity index (χ1v) is 35.9. The van der Waals surface area contributed by atoms with Crippen molar-refractivity contribution in [2.24, 2.45) is 5.92 Å². The van der Waals surface area contributed by atoms with Gasteiger partial charge in [0, 0.05) is 61.1 Å². The number of carbonyl (C=O) groups is 4. The van der Waals surface area contributed by atoms with Gasteiger partial charge in [-0.1, -0.05) is 205 Å². The number of ether oxygens (including phenoxy) is 4. The Bertz CT molecular complexity index is 2640. The summed E-state index contributed by atoms with van der Waals surface area (Å²) in [6, 6.07) is 10.6. The van der Waals surface area contributed by atoms with Gasteiger partial charge in [0.2, 0.25) is 5.91 Å². The lowest BCUT2D eigenvalue weighted by molar-refractivity contribution is -0.162. The third kappa shape index (κ3) is 26.2. The van der Waals surface area contributed by atoms with E-state index in [0.29, 0.717) is 30.8 Å². The van der Waals surface area contributed by atoms with Crippen LogP contribution >= 0.6 is 15.9 Å². The lowest BCUT2D eigenvalue weighted by Gasteiger charge is -2.37. The number of benzene rings is 2. The molecule has 3 atom stereocenters. The highest BCUT2D eigenvalue weighted by Crippen LogP contribution is 2.46. The van der Waals surface area contributed by atoms with E-state index in [4.69, 9.17) is 18.9 Å². The van der Waals surface area contributed by atoms with Crippen molar-refractivity contribution in [2.75, 3.05) is 26.8 Å². The predicted molar refractivity (Wildman–Crippen MR) is 369 cm³/mol. The van der Waals surface area contributed by atoms with Gasteiger partial charge >= 0.3 is 17.9 Å². The molecule has 1 aromatic heterocycles. The molecule has 0 radical (unpaired) electrons. The monoisotopic (exact) mass is 1280 g/mol. The molecule has 3 unspecified atom stereocenters. The largest absolute Gasteiger partial charge is 0.495 e. The fourth-order valence-electron chi connectivity index (χ4n) is 13.1. The maximum Gasteiger partial charge on any atom is 0.311 e. The van der Waals surface area contributed by atoms with Crippen molar-refractivity contribution >= 4 is 56.2 Å². The van der Waals surface area contributed by atoms with Gasteiger partial charge in [-0.3, -0.25) is 28.6 Å². The topological polar surface area (TPSA) is 113 Å². The second-order valence-electron chi connectivity index (χ2n) is 26.7. The number of fused-ring (bicyclic) bond motifs is 2. The summed E-state index contributed by atoms with van der Waals surface area (Å²) >= 11 is 3.91. The molecular formula is C77H117BrN2O8. The molecule has 0 amide bonds.